The van der Waals surface area contributed by atoms with E-state index < -0.39 is 12.1 Å². The Hall–Kier alpha value is -2.57. The van der Waals surface area contributed by atoms with Gasteiger partial charge in [-0.2, -0.15) is 0 Å². The Kier molecular flexibility index (Phi) is 7.92. The van der Waals surface area contributed by atoms with Crippen LogP contribution >= 0.6 is 0 Å². The second kappa shape index (κ2) is 10.4. The van der Waals surface area contributed by atoms with Gasteiger partial charge in [0.05, 0.1) is 5.56 Å². The first-order valence-electron chi connectivity index (χ1n) is 8.43. The van der Waals surface area contributed by atoms with Crippen molar-refractivity contribution < 1.29 is 29.2 Å². The maximum Gasteiger partial charge on any atom is 0.335 e. The third-order valence-electron chi connectivity index (χ3n) is 3.72. The molecule has 1 atom stereocenters. The number of aromatic carboxylic acids is 1. The van der Waals surface area contributed by atoms with Gasteiger partial charge in [-0.3, -0.25) is 0 Å². The minimum Gasteiger partial charge on any atom is -0.491 e. The van der Waals surface area contributed by atoms with E-state index in [1.54, 1.807) is 19.2 Å². The zero-order valence-electron chi connectivity index (χ0n) is 14.8. The predicted octanol–water partition coefficient (Wildman–Crippen LogP) is 2.78. The number of aryl methyl sites for hydroxylation is 1. The molecule has 0 aliphatic heterocycles. The molecule has 0 spiro atoms. The summed E-state index contributed by atoms with van der Waals surface area (Å²) in [5.74, 6) is 0.189. The molecule has 2 aromatic rings. The van der Waals surface area contributed by atoms with Gasteiger partial charge >= 0.3 is 5.97 Å². The summed E-state index contributed by atoms with van der Waals surface area (Å²) in [6.07, 6.45) is 1.13. The monoisotopic (exact) mass is 360 g/mol. The molecule has 1 unspecified atom stereocenters. The van der Waals surface area contributed by atoms with E-state index in [2.05, 4.69) is 0 Å². The minimum absolute atomic E-state index is 0.0571. The third-order valence-corrected chi connectivity index (χ3v) is 3.72. The summed E-state index contributed by atoms with van der Waals surface area (Å²) in [5, 5.41) is 18.8. The van der Waals surface area contributed by atoms with Crippen LogP contribution < -0.4 is 9.47 Å². The molecule has 0 bridgehead atoms. The van der Waals surface area contributed by atoms with Crippen LogP contribution in [0.15, 0.2) is 48.5 Å². The highest BCUT2D eigenvalue weighted by Gasteiger charge is 2.08. The standard InChI is InChI=1S/C20H24O6/c1-24-12-2-3-15-4-8-18(9-5-15)25-13-17(21)14-26-19-10-6-16(7-11-19)20(22)23/h4-11,17,21H,2-3,12-14H2,1H3,(H,22,23). The van der Waals surface area contributed by atoms with Crippen molar-refractivity contribution in [3.05, 3.63) is 59.7 Å². The quantitative estimate of drug-likeness (QED) is 0.600. The van der Waals surface area contributed by atoms with Crippen LogP contribution in [0.1, 0.15) is 22.3 Å². The van der Waals surface area contributed by atoms with Gasteiger partial charge in [-0.05, 0) is 54.8 Å². The van der Waals surface area contributed by atoms with E-state index in [9.17, 15) is 9.90 Å². The number of rotatable bonds is 11. The Labute approximate surface area is 152 Å². The van der Waals surface area contributed by atoms with Crippen molar-refractivity contribution in [2.24, 2.45) is 0 Å². The Morgan fingerprint density at radius 3 is 2.00 bits per heavy atom. The molecule has 0 radical (unpaired) electrons. The van der Waals surface area contributed by atoms with Crippen LogP contribution in [-0.4, -0.2) is 49.2 Å². The fourth-order valence-corrected chi connectivity index (χ4v) is 2.30. The number of carbonyl (C=O) groups is 1. The van der Waals surface area contributed by atoms with E-state index in [-0.39, 0.29) is 18.8 Å². The van der Waals surface area contributed by atoms with Crippen LogP contribution in [0.4, 0.5) is 0 Å². The number of methoxy groups -OCH3 is 1. The molecule has 0 saturated heterocycles. The molecule has 2 aromatic carbocycles. The zero-order valence-corrected chi connectivity index (χ0v) is 14.8. The Morgan fingerprint density at radius 1 is 0.962 bits per heavy atom. The first-order valence-corrected chi connectivity index (χ1v) is 8.43. The van der Waals surface area contributed by atoms with E-state index in [0.29, 0.717) is 11.5 Å². The summed E-state index contributed by atoms with van der Waals surface area (Å²) in [4.78, 5) is 10.8. The van der Waals surface area contributed by atoms with Gasteiger partial charge in [0.15, 0.2) is 0 Å². The zero-order chi connectivity index (χ0) is 18.8. The van der Waals surface area contributed by atoms with Crippen LogP contribution in [0.5, 0.6) is 11.5 Å². The molecule has 0 amide bonds. The summed E-state index contributed by atoms with van der Waals surface area (Å²) in [6.45, 7) is 0.904. The van der Waals surface area contributed by atoms with Crippen molar-refractivity contribution >= 4 is 5.97 Å². The normalized spacial score (nSPS) is 11.8. The van der Waals surface area contributed by atoms with Gasteiger partial charge in [0, 0.05) is 13.7 Å². The van der Waals surface area contributed by atoms with Crippen molar-refractivity contribution in [1.82, 2.24) is 0 Å². The molecule has 140 valence electrons. The molecule has 0 aromatic heterocycles. The summed E-state index contributed by atoms with van der Waals surface area (Å²) in [5.41, 5.74) is 1.40. The van der Waals surface area contributed by atoms with Gasteiger partial charge in [-0.1, -0.05) is 12.1 Å². The van der Waals surface area contributed by atoms with Gasteiger partial charge in [0.2, 0.25) is 0 Å². The Balaban J connectivity index is 1.71. The molecule has 26 heavy (non-hydrogen) atoms. The molecule has 0 fully saturated rings. The van der Waals surface area contributed by atoms with Crippen LogP contribution in [0.2, 0.25) is 0 Å². The van der Waals surface area contributed by atoms with Crippen LogP contribution in [-0.2, 0) is 11.2 Å². The molecular weight excluding hydrogens is 336 g/mol. The average molecular weight is 360 g/mol. The number of aliphatic hydroxyl groups is 1. The van der Waals surface area contributed by atoms with Gasteiger partial charge < -0.3 is 24.4 Å². The largest absolute Gasteiger partial charge is 0.491 e. The fraction of sp³-hybridized carbons (Fsp3) is 0.350. The van der Waals surface area contributed by atoms with Crippen molar-refractivity contribution in [3.8, 4) is 11.5 Å². The van der Waals surface area contributed by atoms with Crippen molar-refractivity contribution in [1.29, 1.82) is 0 Å². The second-order valence-electron chi connectivity index (χ2n) is 5.85. The third kappa shape index (κ3) is 6.74. The first kappa shape index (κ1) is 19.8. The van der Waals surface area contributed by atoms with Gasteiger partial charge in [0.1, 0.15) is 30.8 Å². The van der Waals surface area contributed by atoms with Crippen molar-refractivity contribution in [2.75, 3.05) is 26.9 Å². The van der Waals surface area contributed by atoms with Crippen molar-refractivity contribution in [3.63, 3.8) is 0 Å². The van der Waals surface area contributed by atoms with Crippen LogP contribution in [0.3, 0.4) is 0 Å². The van der Waals surface area contributed by atoms with E-state index in [4.69, 9.17) is 19.3 Å². The number of benzene rings is 2. The number of hydrogen-bond acceptors (Lipinski definition) is 5. The highest BCUT2D eigenvalue weighted by atomic mass is 16.5. The van der Waals surface area contributed by atoms with Gasteiger partial charge in [-0.25, -0.2) is 4.79 Å². The number of aliphatic hydroxyl groups excluding tert-OH is 1. The predicted molar refractivity (Wildman–Crippen MR) is 97.0 cm³/mol. The summed E-state index contributed by atoms with van der Waals surface area (Å²) < 4.78 is 16.0. The van der Waals surface area contributed by atoms with Gasteiger partial charge in [0.25, 0.3) is 0 Å². The van der Waals surface area contributed by atoms with E-state index in [1.807, 2.05) is 24.3 Å². The smallest absolute Gasteiger partial charge is 0.335 e. The number of ether oxygens (including phenoxy) is 3. The molecule has 6 nitrogen and oxygen atoms in total. The molecule has 0 aliphatic rings. The molecule has 0 saturated carbocycles. The number of carboxylic acids is 1. The fourth-order valence-electron chi connectivity index (χ4n) is 2.30. The Bertz CT molecular complexity index is 666. The number of hydrogen-bond donors (Lipinski definition) is 2. The second-order valence-corrected chi connectivity index (χ2v) is 5.85. The lowest BCUT2D eigenvalue weighted by Crippen LogP contribution is -2.25. The van der Waals surface area contributed by atoms with Crippen molar-refractivity contribution in [2.45, 2.75) is 18.9 Å². The van der Waals surface area contributed by atoms with E-state index in [1.165, 1.54) is 17.7 Å². The SMILES string of the molecule is COCCCc1ccc(OCC(O)COc2ccc(C(=O)O)cc2)cc1. The van der Waals surface area contributed by atoms with E-state index in [0.717, 1.165) is 19.4 Å². The highest BCUT2D eigenvalue weighted by Crippen LogP contribution is 2.15. The Morgan fingerprint density at radius 2 is 1.50 bits per heavy atom. The van der Waals surface area contributed by atoms with E-state index >= 15 is 0 Å². The maximum absolute atomic E-state index is 10.8. The molecule has 0 aliphatic carbocycles. The molecule has 2 N–H and O–H groups in total. The average Bonchev–Trinajstić information content (AvgIpc) is 2.66. The maximum atomic E-state index is 10.8. The molecule has 6 heteroatoms. The lowest BCUT2D eigenvalue weighted by atomic mass is 10.1. The molecule has 0 heterocycles. The first-order chi connectivity index (χ1) is 12.6. The number of carboxylic acid groups (broad SMARTS) is 1. The topological polar surface area (TPSA) is 85.2 Å². The summed E-state index contributed by atoms with van der Waals surface area (Å²) in [7, 11) is 1.69. The van der Waals surface area contributed by atoms with Crippen LogP contribution in [0.25, 0.3) is 0 Å². The highest BCUT2D eigenvalue weighted by molar-refractivity contribution is 5.87. The lowest BCUT2D eigenvalue weighted by molar-refractivity contribution is 0.0625. The van der Waals surface area contributed by atoms with Crippen LogP contribution in [0, 0.1) is 0 Å². The summed E-state index contributed by atoms with van der Waals surface area (Å²) in [6, 6.07) is 13.8. The minimum atomic E-state index is -0.991. The summed E-state index contributed by atoms with van der Waals surface area (Å²) >= 11 is 0. The molecular formula is C20H24O6. The lowest BCUT2D eigenvalue weighted by Gasteiger charge is -2.14. The molecule has 2 rings (SSSR count). The van der Waals surface area contributed by atoms with Gasteiger partial charge in [-0.15, -0.1) is 0 Å².